The molecule has 5 fully saturated rings. The van der Waals surface area contributed by atoms with Gasteiger partial charge in [-0.05, 0) is 72.2 Å². The van der Waals surface area contributed by atoms with Crippen molar-refractivity contribution in [3.05, 3.63) is 35.9 Å². The Morgan fingerprint density at radius 1 is 1.09 bits per heavy atom. The van der Waals surface area contributed by atoms with Gasteiger partial charge in [0.25, 0.3) is 0 Å². The first-order valence-electron chi connectivity index (χ1n) is 12.4. The van der Waals surface area contributed by atoms with Crippen LogP contribution in [0.2, 0.25) is 0 Å². The predicted octanol–water partition coefficient (Wildman–Crippen LogP) is 5.38. The third-order valence-electron chi connectivity index (χ3n) is 10.1. The molecule has 1 amide bonds. The van der Waals surface area contributed by atoms with Crippen LogP contribution < -0.4 is 5.73 Å². The standard InChI is InChI=1S/C27H38F2N2O/c1-24(2)17-31(10-9-21(24)30)23(32)27-13-19-11-26(16-27,18-7-5-4-6-8-18)12-20(14-27)25(19,3)15-22(28)29/h4-8,19-22H,9-17,30H2,1-3H3/t19?,20?,21-,25?,26?,27?/m0/s1. The van der Waals surface area contributed by atoms with Crippen LogP contribution in [-0.2, 0) is 10.2 Å². The summed E-state index contributed by atoms with van der Waals surface area (Å²) in [6.07, 6.45) is 2.76. The molecule has 3 nitrogen and oxygen atoms in total. The molecule has 0 aromatic heterocycles. The molecule has 1 saturated heterocycles. The second-order valence-electron chi connectivity index (χ2n) is 12.5. The number of hydrogen-bond donors (Lipinski definition) is 1. The van der Waals surface area contributed by atoms with Crippen molar-refractivity contribution in [2.24, 2.45) is 33.8 Å². The van der Waals surface area contributed by atoms with E-state index in [2.05, 4.69) is 49.9 Å². The third-order valence-corrected chi connectivity index (χ3v) is 10.1. The van der Waals surface area contributed by atoms with Crippen molar-refractivity contribution in [3.8, 4) is 0 Å². The summed E-state index contributed by atoms with van der Waals surface area (Å²) in [6.45, 7) is 7.81. The van der Waals surface area contributed by atoms with Crippen molar-refractivity contribution in [2.45, 2.75) is 83.6 Å². The zero-order valence-electron chi connectivity index (χ0n) is 19.7. The molecule has 4 bridgehead atoms. The fourth-order valence-electron chi connectivity index (χ4n) is 8.33. The Kier molecular flexibility index (Phi) is 5.06. The number of carbonyl (C=O) groups excluding carboxylic acids is 1. The molecule has 2 N–H and O–H groups in total. The summed E-state index contributed by atoms with van der Waals surface area (Å²) in [5.74, 6) is 0.607. The van der Waals surface area contributed by atoms with Gasteiger partial charge < -0.3 is 10.6 Å². The lowest BCUT2D eigenvalue weighted by Crippen LogP contribution is -2.66. The van der Waals surface area contributed by atoms with Gasteiger partial charge in [-0.15, -0.1) is 0 Å². The van der Waals surface area contributed by atoms with E-state index in [4.69, 9.17) is 5.73 Å². The van der Waals surface area contributed by atoms with Gasteiger partial charge in [-0.2, -0.15) is 0 Å². The quantitative estimate of drug-likeness (QED) is 0.678. The van der Waals surface area contributed by atoms with E-state index in [1.165, 1.54) is 5.56 Å². The van der Waals surface area contributed by atoms with Gasteiger partial charge in [0.1, 0.15) is 0 Å². The van der Waals surface area contributed by atoms with E-state index < -0.39 is 11.8 Å². The zero-order valence-corrected chi connectivity index (χ0v) is 19.7. The molecule has 4 aliphatic carbocycles. The molecule has 3 atom stereocenters. The molecule has 0 radical (unpaired) electrons. The number of alkyl halides is 2. The molecule has 5 heteroatoms. The minimum Gasteiger partial charge on any atom is -0.342 e. The minimum absolute atomic E-state index is 0.0386. The summed E-state index contributed by atoms with van der Waals surface area (Å²) < 4.78 is 27.4. The Balaban J connectivity index is 1.52. The van der Waals surface area contributed by atoms with Gasteiger partial charge >= 0.3 is 0 Å². The zero-order chi connectivity index (χ0) is 22.9. The minimum atomic E-state index is -2.29. The van der Waals surface area contributed by atoms with Crippen molar-refractivity contribution in [2.75, 3.05) is 13.1 Å². The van der Waals surface area contributed by atoms with Crippen LogP contribution in [0.4, 0.5) is 8.78 Å². The van der Waals surface area contributed by atoms with E-state index >= 15 is 0 Å². The Morgan fingerprint density at radius 2 is 1.72 bits per heavy atom. The second-order valence-corrected chi connectivity index (χ2v) is 12.5. The highest BCUT2D eigenvalue weighted by Gasteiger charge is 2.68. The van der Waals surface area contributed by atoms with Crippen LogP contribution in [0.15, 0.2) is 30.3 Å². The predicted molar refractivity (Wildman–Crippen MR) is 122 cm³/mol. The summed E-state index contributed by atoms with van der Waals surface area (Å²) in [5.41, 5.74) is 6.70. The van der Waals surface area contributed by atoms with E-state index in [1.54, 1.807) is 0 Å². The maximum Gasteiger partial charge on any atom is 0.239 e. The third kappa shape index (κ3) is 3.25. The van der Waals surface area contributed by atoms with Crippen LogP contribution in [0, 0.1) is 28.1 Å². The first-order valence-corrected chi connectivity index (χ1v) is 12.4. The van der Waals surface area contributed by atoms with Gasteiger partial charge in [-0.3, -0.25) is 4.79 Å². The first kappa shape index (κ1) is 22.3. The number of amides is 1. The maximum absolute atomic E-state index is 14.2. The summed E-state index contributed by atoms with van der Waals surface area (Å²) >= 11 is 0. The maximum atomic E-state index is 14.2. The summed E-state index contributed by atoms with van der Waals surface area (Å²) in [5, 5.41) is 0. The molecule has 1 aromatic rings. The van der Waals surface area contributed by atoms with Gasteiger partial charge in [0.2, 0.25) is 12.3 Å². The molecule has 32 heavy (non-hydrogen) atoms. The summed E-state index contributed by atoms with van der Waals surface area (Å²) in [6, 6.07) is 10.7. The van der Waals surface area contributed by atoms with Gasteiger partial charge in [0.05, 0.1) is 5.41 Å². The first-order chi connectivity index (χ1) is 15.0. The fraction of sp³-hybridized carbons (Fsp3) is 0.741. The van der Waals surface area contributed by atoms with Gasteiger partial charge in [0, 0.05) is 25.6 Å². The second kappa shape index (κ2) is 7.25. The van der Waals surface area contributed by atoms with E-state index in [-0.39, 0.29) is 46.5 Å². The number of nitrogens with two attached hydrogens (primary N) is 1. The molecule has 2 unspecified atom stereocenters. The number of rotatable bonds is 4. The van der Waals surface area contributed by atoms with Crippen molar-refractivity contribution in [3.63, 3.8) is 0 Å². The van der Waals surface area contributed by atoms with Crippen molar-refractivity contribution >= 4 is 5.91 Å². The monoisotopic (exact) mass is 444 g/mol. The smallest absolute Gasteiger partial charge is 0.239 e. The average Bonchev–Trinajstić information content (AvgIpc) is 2.73. The number of nitrogens with zero attached hydrogens (tertiary/aromatic N) is 1. The number of likely N-dealkylation sites (tertiary alicyclic amines) is 1. The van der Waals surface area contributed by atoms with Crippen LogP contribution in [-0.4, -0.2) is 36.4 Å². The Bertz CT molecular complexity index is 867. The average molecular weight is 445 g/mol. The van der Waals surface area contributed by atoms with Crippen LogP contribution in [0.1, 0.15) is 71.3 Å². The Morgan fingerprint density at radius 3 is 2.28 bits per heavy atom. The SMILES string of the molecule is CC1(CC(F)F)C2CC3(C(=O)N4CC[C@H](N)C(C)(C)C4)CC1CC(c1ccccc1)(C2)C3. The van der Waals surface area contributed by atoms with Crippen molar-refractivity contribution in [1.29, 1.82) is 0 Å². The fourth-order valence-corrected chi connectivity index (χ4v) is 8.33. The molecule has 4 saturated carbocycles. The highest BCUT2D eigenvalue weighted by Crippen LogP contribution is 2.72. The van der Waals surface area contributed by atoms with Crippen LogP contribution in [0.25, 0.3) is 0 Å². The Labute approximate surface area is 191 Å². The van der Waals surface area contributed by atoms with Crippen molar-refractivity contribution in [1.82, 2.24) is 4.90 Å². The van der Waals surface area contributed by atoms with Gasteiger partial charge in [0.15, 0.2) is 0 Å². The molecule has 1 aliphatic heterocycles. The van der Waals surface area contributed by atoms with Gasteiger partial charge in [-0.1, -0.05) is 51.1 Å². The van der Waals surface area contributed by atoms with Crippen LogP contribution in [0.3, 0.4) is 0 Å². The number of benzene rings is 1. The van der Waals surface area contributed by atoms with Crippen LogP contribution in [0.5, 0.6) is 0 Å². The largest absolute Gasteiger partial charge is 0.342 e. The topological polar surface area (TPSA) is 46.3 Å². The molecular weight excluding hydrogens is 406 g/mol. The lowest BCUT2D eigenvalue weighted by molar-refractivity contribution is -0.192. The lowest BCUT2D eigenvalue weighted by atomic mass is 9.36. The number of carbonyl (C=O) groups is 1. The van der Waals surface area contributed by atoms with E-state index in [0.717, 1.165) is 38.5 Å². The highest BCUT2D eigenvalue weighted by molar-refractivity contribution is 5.84. The molecule has 176 valence electrons. The van der Waals surface area contributed by atoms with E-state index in [9.17, 15) is 13.6 Å². The highest BCUT2D eigenvalue weighted by atomic mass is 19.3. The summed E-state index contributed by atoms with van der Waals surface area (Å²) in [7, 11) is 0. The molecular formula is C27H38F2N2O. The number of piperidine rings is 1. The molecule has 0 spiro atoms. The van der Waals surface area contributed by atoms with Crippen molar-refractivity contribution < 1.29 is 13.6 Å². The molecule has 6 rings (SSSR count). The Hall–Kier alpha value is -1.49. The molecule has 5 aliphatic rings. The summed E-state index contributed by atoms with van der Waals surface area (Å²) in [4.78, 5) is 16.3. The number of halogens is 2. The number of hydrogen-bond acceptors (Lipinski definition) is 2. The van der Waals surface area contributed by atoms with Gasteiger partial charge in [-0.25, -0.2) is 8.78 Å². The normalized spacial score (nSPS) is 42.5. The van der Waals surface area contributed by atoms with Crippen LogP contribution >= 0.6 is 0 Å². The molecule has 1 aromatic carbocycles. The van der Waals surface area contributed by atoms with E-state index in [0.29, 0.717) is 13.1 Å². The van der Waals surface area contributed by atoms with E-state index in [1.807, 2.05) is 6.07 Å². The lowest BCUT2D eigenvalue weighted by Gasteiger charge is -2.68. The molecule has 1 heterocycles.